The first-order valence-electron chi connectivity index (χ1n) is 23.0. The summed E-state index contributed by atoms with van der Waals surface area (Å²) >= 11 is 0. The molecule has 0 bridgehead atoms. The molecule has 1 heteroatoms. The van der Waals surface area contributed by atoms with E-state index >= 15 is 0 Å². The monoisotopic (exact) mass is 663 g/mol. The Kier molecular flexibility index (Phi) is 43.9. The lowest BCUT2D eigenvalue weighted by atomic mass is 10.0. The summed E-state index contributed by atoms with van der Waals surface area (Å²) in [5.74, 6) is 0. The Labute approximate surface area is 300 Å². The fourth-order valence-corrected chi connectivity index (χ4v) is 7.59. The lowest BCUT2D eigenvalue weighted by molar-refractivity contribution is 0.147. The van der Waals surface area contributed by atoms with Crippen LogP contribution >= 0.6 is 0 Å². The van der Waals surface area contributed by atoms with Crippen LogP contribution in [-0.4, -0.2) is 11.2 Å². The number of aliphatic hydroxyl groups excluding tert-OH is 1. The third-order valence-electron chi connectivity index (χ3n) is 11.0. The minimum atomic E-state index is -0.0354. The first-order chi connectivity index (χ1) is 23.3. The van der Waals surface area contributed by atoms with E-state index in [9.17, 15) is 5.11 Å². The second kappa shape index (κ2) is 44.0. The lowest BCUT2D eigenvalue weighted by Gasteiger charge is -2.10. The van der Waals surface area contributed by atoms with Crippen molar-refractivity contribution in [3.8, 4) is 0 Å². The van der Waals surface area contributed by atoms with Crippen molar-refractivity contribution in [3.05, 3.63) is 0 Å². The molecule has 0 radical (unpaired) electrons. The highest BCUT2D eigenvalue weighted by Gasteiger charge is 2.04. The molecule has 284 valence electrons. The molecule has 0 spiro atoms. The molecular formula is C46H94O. The SMILES string of the molecule is CCCCCCCCCCCCCCCCCCCCCCCCCCCCCCC(O)CCCCCCCCCCCCCCC. The molecule has 1 atom stereocenters. The fourth-order valence-electron chi connectivity index (χ4n) is 7.59. The summed E-state index contributed by atoms with van der Waals surface area (Å²) in [6, 6.07) is 0. The molecule has 0 saturated carbocycles. The van der Waals surface area contributed by atoms with E-state index in [0.717, 1.165) is 12.8 Å². The van der Waals surface area contributed by atoms with E-state index in [-0.39, 0.29) is 6.10 Å². The van der Waals surface area contributed by atoms with Gasteiger partial charge in [-0.15, -0.1) is 0 Å². The molecule has 1 N–H and O–H groups in total. The van der Waals surface area contributed by atoms with Crippen molar-refractivity contribution >= 4 is 0 Å². The van der Waals surface area contributed by atoms with Gasteiger partial charge in [0.2, 0.25) is 0 Å². The highest BCUT2D eigenvalue weighted by molar-refractivity contribution is 4.58. The van der Waals surface area contributed by atoms with Crippen molar-refractivity contribution in [1.82, 2.24) is 0 Å². The smallest absolute Gasteiger partial charge is 0.0540 e. The summed E-state index contributed by atoms with van der Waals surface area (Å²) in [5.41, 5.74) is 0. The molecular weight excluding hydrogens is 569 g/mol. The minimum Gasteiger partial charge on any atom is -0.393 e. The summed E-state index contributed by atoms with van der Waals surface area (Å²) in [4.78, 5) is 0. The van der Waals surface area contributed by atoms with E-state index in [0.29, 0.717) is 0 Å². The van der Waals surface area contributed by atoms with Crippen molar-refractivity contribution in [1.29, 1.82) is 0 Å². The molecule has 0 amide bonds. The molecule has 0 aliphatic rings. The topological polar surface area (TPSA) is 20.2 Å². The van der Waals surface area contributed by atoms with E-state index in [2.05, 4.69) is 13.8 Å². The molecule has 47 heavy (non-hydrogen) atoms. The van der Waals surface area contributed by atoms with Gasteiger partial charge in [-0.2, -0.15) is 0 Å². The molecule has 0 aliphatic carbocycles. The van der Waals surface area contributed by atoms with Crippen LogP contribution in [-0.2, 0) is 0 Å². The summed E-state index contributed by atoms with van der Waals surface area (Å²) in [5, 5.41) is 10.3. The minimum absolute atomic E-state index is 0.0354. The number of hydrogen-bond donors (Lipinski definition) is 1. The number of unbranched alkanes of at least 4 members (excludes halogenated alkanes) is 39. The molecule has 0 heterocycles. The Morgan fingerprint density at radius 2 is 0.340 bits per heavy atom. The highest BCUT2D eigenvalue weighted by Crippen LogP contribution is 2.18. The Bertz CT molecular complexity index is 515. The molecule has 0 aromatic rings. The zero-order chi connectivity index (χ0) is 34.0. The Morgan fingerprint density at radius 3 is 0.489 bits per heavy atom. The van der Waals surface area contributed by atoms with Gasteiger partial charge in [0.15, 0.2) is 0 Å². The first-order valence-corrected chi connectivity index (χ1v) is 23.0. The average molecular weight is 663 g/mol. The number of rotatable bonds is 43. The van der Waals surface area contributed by atoms with Crippen LogP contribution in [0.2, 0.25) is 0 Å². The van der Waals surface area contributed by atoms with Crippen LogP contribution in [0.3, 0.4) is 0 Å². The van der Waals surface area contributed by atoms with Crippen molar-refractivity contribution in [2.45, 2.75) is 296 Å². The number of aliphatic hydroxyl groups is 1. The van der Waals surface area contributed by atoms with Gasteiger partial charge in [0.25, 0.3) is 0 Å². The summed E-state index contributed by atoms with van der Waals surface area (Å²) < 4.78 is 0. The van der Waals surface area contributed by atoms with Crippen molar-refractivity contribution in [2.24, 2.45) is 0 Å². The van der Waals surface area contributed by atoms with Crippen LogP contribution in [0.1, 0.15) is 290 Å². The third kappa shape index (κ3) is 43.9. The Morgan fingerprint density at radius 1 is 0.213 bits per heavy atom. The molecule has 0 saturated heterocycles. The van der Waals surface area contributed by atoms with Gasteiger partial charge in [-0.05, 0) is 12.8 Å². The second-order valence-electron chi connectivity index (χ2n) is 16.0. The maximum absolute atomic E-state index is 10.3. The van der Waals surface area contributed by atoms with Gasteiger partial charge in [-0.1, -0.05) is 277 Å². The molecule has 0 fully saturated rings. The predicted octanol–water partition coefficient (Wildman–Crippen LogP) is 17.2. The molecule has 1 unspecified atom stereocenters. The quantitative estimate of drug-likeness (QED) is 0.0644. The highest BCUT2D eigenvalue weighted by atomic mass is 16.3. The fraction of sp³-hybridized carbons (Fsp3) is 1.00. The Balaban J connectivity index is 3.12. The summed E-state index contributed by atoms with van der Waals surface area (Å²) in [6.45, 7) is 4.61. The van der Waals surface area contributed by atoms with E-state index in [1.165, 1.54) is 263 Å². The molecule has 0 rings (SSSR count). The van der Waals surface area contributed by atoms with Crippen molar-refractivity contribution in [3.63, 3.8) is 0 Å². The van der Waals surface area contributed by atoms with Crippen LogP contribution in [0.25, 0.3) is 0 Å². The normalized spacial score (nSPS) is 12.3. The number of hydrogen-bond acceptors (Lipinski definition) is 1. The van der Waals surface area contributed by atoms with E-state index in [1.807, 2.05) is 0 Å². The maximum Gasteiger partial charge on any atom is 0.0540 e. The zero-order valence-corrected chi connectivity index (χ0v) is 33.4. The van der Waals surface area contributed by atoms with Crippen LogP contribution in [0, 0.1) is 0 Å². The van der Waals surface area contributed by atoms with E-state index < -0.39 is 0 Å². The molecule has 1 nitrogen and oxygen atoms in total. The zero-order valence-electron chi connectivity index (χ0n) is 33.4. The summed E-state index contributed by atoms with van der Waals surface area (Å²) in [6.07, 6.45) is 60.9. The standard InChI is InChI=1S/C46H94O/c1-3-5-7-9-11-13-15-17-18-19-20-21-22-23-24-25-26-27-28-29-30-31-33-35-37-39-41-43-45-46(47)44-42-40-38-36-34-32-16-14-12-10-8-6-4-2/h46-47H,3-45H2,1-2H3. The van der Waals surface area contributed by atoms with Crippen LogP contribution < -0.4 is 0 Å². The maximum atomic E-state index is 10.3. The molecule has 0 aliphatic heterocycles. The van der Waals surface area contributed by atoms with Crippen LogP contribution in [0.4, 0.5) is 0 Å². The van der Waals surface area contributed by atoms with Gasteiger partial charge in [0.1, 0.15) is 0 Å². The first kappa shape index (κ1) is 47.0. The van der Waals surface area contributed by atoms with Crippen molar-refractivity contribution in [2.75, 3.05) is 0 Å². The lowest BCUT2D eigenvalue weighted by Crippen LogP contribution is -2.05. The van der Waals surface area contributed by atoms with E-state index in [1.54, 1.807) is 0 Å². The van der Waals surface area contributed by atoms with Crippen molar-refractivity contribution < 1.29 is 5.11 Å². The predicted molar refractivity (Wildman–Crippen MR) is 216 cm³/mol. The summed E-state index contributed by atoms with van der Waals surface area (Å²) in [7, 11) is 0. The molecule has 0 aromatic heterocycles. The van der Waals surface area contributed by atoms with E-state index in [4.69, 9.17) is 0 Å². The average Bonchev–Trinajstić information content (AvgIpc) is 3.08. The third-order valence-corrected chi connectivity index (χ3v) is 11.0. The van der Waals surface area contributed by atoms with Gasteiger partial charge < -0.3 is 5.11 Å². The second-order valence-corrected chi connectivity index (χ2v) is 16.0. The largest absolute Gasteiger partial charge is 0.393 e. The van der Waals surface area contributed by atoms with Gasteiger partial charge in [-0.3, -0.25) is 0 Å². The molecule has 0 aromatic carbocycles. The Hall–Kier alpha value is -0.0400. The van der Waals surface area contributed by atoms with Crippen LogP contribution in [0.5, 0.6) is 0 Å². The van der Waals surface area contributed by atoms with Gasteiger partial charge in [-0.25, -0.2) is 0 Å². The van der Waals surface area contributed by atoms with Gasteiger partial charge >= 0.3 is 0 Å². The van der Waals surface area contributed by atoms with Crippen LogP contribution in [0.15, 0.2) is 0 Å². The van der Waals surface area contributed by atoms with Gasteiger partial charge in [0, 0.05) is 0 Å². The van der Waals surface area contributed by atoms with Gasteiger partial charge in [0.05, 0.1) is 6.10 Å².